The van der Waals surface area contributed by atoms with Crippen molar-refractivity contribution in [3.63, 3.8) is 0 Å². The Labute approximate surface area is 134 Å². The Bertz CT molecular complexity index is 647. The molecule has 3 nitrogen and oxygen atoms in total. The van der Waals surface area contributed by atoms with Gasteiger partial charge in [0.1, 0.15) is 5.82 Å². The van der Waals surface area contributed by atoms with Gasteiger partial charge in [-0.25, -0.2) is 4.98 Å². The van der Waals surface area contributed by atoms with Gasteiger partial charge in [-0.1, -0.05) is 29.3 Å². The predicted molar refractivity (Wildman–Crippen MR) is 86.1 cm³/mol. The van der Waals surface area contributed by atoms with Crippen molar-refractivity contribution in [2.24, 2.45) is 0 Å². The number of hydrogen-bond acceptors (Lipinski definition) is 2. The first-order valence-corrected chi connectivity index (χ1v) is 7.21. The van der Waals surface area contributed by atoms with Crippen LogP contribution in [0.1, 0.15) is 16.1 Å². The van der Waals surface area contributed by atoms with Gasteiger partial charge >= 0.3 is 0 Å². The van der Waals surface area contributed by atoms with Gasteiger partial charge in [-0.15, -0.1) is 0 Å². The highest BCUT2D eigenvalue weighted by Gasteiger charge is 2.13. The molecule has 0 saturated carbocycles. The Morgan fingerprint density at radius 1 is 1.26 bits per heavy atom. The van der Waals surface area contributed by atoms with E-state index in [0.717, 1.165) is 9.26 Å². The summed E-state index contributed by atoms with van der Waals surface area (Å²) >= 11 is 14.1. The normalized spacial score (nSPS) is 10.3. The summed E-state index contributed by atoms with van der Waals surface area (Å²) in [6.07, 6.45) is 0. The summed E-state index contributed by atoms with van der Waals surface area (Å²) in [5, 5.41) is 3.29. The van der Waals surface area contributed by atoms with Crippen LogP contribution in [-0.4, -0.2) is 10.9 Å². The summed E-state index contributed by atoms with van der Waals surface area (Å²) in [6, 6.07) is 8.55. The highest BCUT2D eigenvalue weighted by atomic mass is 127. The molecule has 6 heteroatoms. The first kappa shape index (κ1) is 14.6. The maximum absolute atomic E-state index is 12.1. The zero-order valence-electron chi connectivity index (χ0n) is 9.88. The molecule has 0 unspecified atom stereocenters. The Morgan fingerprint density at radius 2 is 2.00 bits per heavy atom. The van der Waals surface area contributed by atoms with E-state index in [-0.39, 0.29) is 10.9 Å². The SMILES string of the molecule is Cc1nc(NC(=O)c2cccc(Cl)c2Cl)ccc1I. The van der Waals surface area contributed by atoms with E-state index in [4.69, 9.17) is 23.2 Å². The minimum Gasteiger partial charge on any atom is -0.307 e. The van der Waals surface area contributed by atoms with E-state index in [1.54, 1.807) is 24.3 Å². The molecule has 1 amide bonds. The molecule has 0 aliphatic rings. The average molecular weight is 407 g/mol. The third-order valence-electron chi connectivity index (χ3n) is 2.46. The summed E-state index contributed by atoms with van der Waals surface area (Å²) in [5.41, 5.74) is 1.18. The van der Waals surface area contributed by atoms with Crippen LogP contribution in [0.3, 0.4) is 0 Å². The molecule has 0 aliphatic carbocycles. The summed E-state index contributed by atoms with van der Waals surface area (Å²) in [5.74, 6) is 0.152. The third-order valence-corrected chi connectivity index (χ3v) is 4.42. The lowest BCUT2D eigenvalue weighted by Gasteiger charge is -2.08. The molecule has 1 heterocycles. The van der Waals surface area contributed by atoms with Crippen molar-refractivity contribution in [2.75, 3.05) is 5.32 Å². The molecule has 0 radical (unpaired) electrons. The largest absolute Gasteiger partial charge is 0.307 e. The first-order chi connectivity index (χ1) is 8.99. The number of aromatic nitrogens is 1. The van der Waals surface area contributed by atoms with Gasteiger partial charge in [0.25, 0.3) is 5.91 Å². The van der Waals surface area contributed by atoms with Gasteiger partial charge in [-0.05, 0) is 53.8 Å². The summed E-state index contributed by atoms with van der Waals surface area (Å²) < 4.78 is 1.04. The number of nitrogens with one attached hydrogen (secondary N) is 1. The molecule has 2 aromatic rings. The van der Waals surface area contributed by atoms with Crippen molar-refractivity contribution in [3.05, 3.63) is 55.2 Å². The lowest BCUT2D eigenvalue weighted by atomic mass is 10.2. The number of carbonyl (C=O) groups excluding carboxylic acids is 1. The smallest absolute Gasteiger partial charge is 0.258 e. The van der Waals surface area contributed by atoms with Crippen molar-refractivity contribution in [2.45, 2.75) is 6.92 Å². The number of benzene rings is 1. The maximum Gasteiger partial charge on any atom is 0.258 e. The zero-order chi connectivity index (χ0) is 14.0. The van der Waals surface area contributed by atoms with Crippen LogP contribution in [-0.2, 0) is 0 Å². The van der Waals surface area contributed by atoms with Crippen molar-refractivity contribution < 1.29 is 4.79 Å². The molecule has 1 aromatic carbocycles. The number of halogens is 3. The molecule has 0 saturated heterocycles. The maximum atomic E-state index is 12.1. The van der Waals surface area contributed by atoms with Gasteiger partial charge < -0.3 is 5.32 Å². The Balaban J connectivity index is 2.26. The fourth-order valence-electron chi connectivity index (χ4n) is 1.48. The second kappa shape index (κ2) is 6.07. The lowest BCUT2D eigenvalue weighted by molar-refractivity contribution is 0.102. The van der Waals surface area contributed by atoms with Gasteiger partial charge in [-0.3, -0.25) is 4.79 Å². The number of nitrogens with zero attached hydrogens (tertiary/aromatic N) is 1. The van der Waals surface area contributed by atoms with Crippen LogP contribution in [0.4, 0.5) is 5.82 Å². The van der Waals surface area contributed by atoms with Crippen LogP contribution < -0.4 is 5.32 Å². The predicted octanol–water partition coefficient (Wildman–Crippen LogP) is 4.55. The van der Waals surface area contributed by atoms with E-state index in [1.165, 1.54) is 0 Å². The van der Waals surface area contributed by atoms with Crippen LogP contribution in [0, 0.1) is 10.5 Å². The fraction of sp³-hybridized carbons (Fsp3) is 0.0769. The Hall–Kier alpha value is -0.850. The number of carbonyl (C=O) groups is 1. The highest BCUT2D eigenvalue weighted by molar-refractivity contribution is 14.1. The third kappa shape index (κ3) is 3.38. The van der Waals surface area contributed by atoms with Crippen molar-refractivity contribution in [1.29, 1.82) is 0 Å². The second-order valence-electron chi connectivity index (χ2n) is 3.82. The van der Waals surface area contributed by atoms with Crippen molar-refractivity contribution >= 4 is 57.5 Å². The van der Waals surface area contributed by atoms with Gasteiger partial charge in [0.05, 0.1) is 21.3 Å². The fourth-order valence-corrected chi connectivity index (χ4v) is 2.16. The second-order valence-corrected chi connectivity index (χ2v) is 5.77. The topological polar surface area (TPSA) is 42.0 Å². The minimum absolute atomic E-state index is 0.240. The molecule has 1 N–H and O–H groups in total. The molecule has 98 valence electrons. The molecule has 0 fully saturated rings. The molecule has 1 aromatic heterocycles. The summed E-state index contributed by atoms with van der Waals surface area (Å²) in [6.45, 7) is 1.88. The van der Waals surface area contributed by atoms with Gasteiger partial charge in [0, 0.05) is 3.57 Å². The van der Waals surface area contributed by atoms with Crippen LogP contribution in [0.25, 0.3) is 0 Å². The quantitative estimate of drug-likeness (QED) is 0.743. The van der Waals surface area contributed by atoms with Crippen LogP contribution in [0.15, 0.2) is 30.3 Å². The summed E-state index contributed by atoms with van der Waals surface area (Å²) in [4.78, 5) is 16.4. The van der Waals surface area contributed by atoms with Crippen LogP contribution >= 0.6 is 45.8 Å². The standard InChI is InChI=1S/C13H9Cl2IN2O/c1-7-10(16)5-6-11(17-7)18-13(19)8-3-2-4-9(14)12(8)15/h2-6H,1H3,(H,17,18,19). The number of amides is 1. The van der Waals surface area contributed by atoms with Gasteiger partial charge in [0.2, 0.25) is 0 Å². The number of aryl methyl sites for hydroxylation is 1. The van der Waals surface area contributed by atoms with Gasteiger partial charge in [-0.2, -0.15) is 0 Å². The molecule has 0 bridgehead atoms. The Morgan fingerprint density at radius 3 is 2.68 bits per heavy atom. The number of rotatable bonds is 2. The van der Waals surface area contributed by atoms with E-state index in [2.05, 4.69) is 32.9 Å². The molecular weight excluding hydrogens is 398 g/mol. The number of hydrogen-bond donors (Lipinski definition) is 1. The first-order valence-electron chi connectivity index (χ1n) is 5.37. The number of anilines is 1. The Kier molecular flexibility index (Phi) is 4.65. The molecule has 19 heavy (non-hydrogen) atoms. The van der Waals surface area contributed by atoms with Crippen LogP contribution in [0.5, 0.6) is 0 Å². The van der Waals surface area contributed by atoms with Crippen LogP contribution in [0.2, 0.25) is 10.0 Å². The van der Waals surface area contributed by atoms with E-state index >= 15 is 0 Å². The molecular formula is C13H9Cl2IN2O. The molecule has 0 spiro atoms. The molecule has 2 rings (SSSR count). The molecule has 0 aliphatic heterocycles. The monoisotopic (exact) mass is 406 g/mol. The van der Waals surface area contributed by atoms with E-state index in [0.29, 0.717) is 16.4 Å². The highest BCUT2D eigenvalue weighted by Crippen LogP contribution is 2.26. The minimum atomic E-state index is -0.333. The molecule has 0 atom stereocenters. The van der Waals surface area contributed by atoms with Crippen molar-refractivity contribution in [3.8, 4) is 0 Å². The average Bonchev–Trinajstić information content (AvgIpc) is 2.37. The van der Waals surface area contributed by atoms with E-state index < -0.39 is 0 Å². The van der Waals surface area contributed by atoms with E-state index in [1.807, 2.05) is 13.0 Å². The number of pyridine rings is 1. The van der Waals surface area contributed by atoms with Gasteiger partial charge in [0.15, 0.2) is 0 Å². The zero-order valence-corrected chi connectivity index (χ0v) is 13.5. The van der Waals surface area contributed by atoms with Crippen molar-refractivity contribution in [1.82, 2.24) is 4.98 Å². The summed E-state index contributed by atoms with van der Waals surface area (Å²) in [7, 11) is 0. The van der Waals surface area contributed by atoms with E-state index in [9.17, 15) is 4.79 Å². The lowest BCUT2D eigenvalue weighted by Crippen LogP contribution is -2.14.